The normalized spacial score (nSPS) is 18.6. The second-order valence-corrected chi connectivity index (χ2v) is 8.07. The number of hydrogen-bond acceptors (Lipinski definition) is 4. The Morgan fingerprint density at radius 2 is 2.04 bits per heavy atom. The SMILES string of the molecule is CN=C(NCC(c1cccs1)N(C)C)NC1CCN(c2c(F)cccc2F)C1. The van der Waals surface area contributed by atoms with E-state index in [-0.39, 0.29) is 17.8 Å². The molecule has 5 nitrogen and oxygen atoms in total. The summed E-state index contributed by atoms with van der Waals surface area (Å²) in [6.45, 7) is 1.84. The van der Waals surface area contributed by atoms with Crippen LogP contribution in [-0.2, 0) is 0 Å². The van der Waals surface area contributed by atoms with E-state index in [9.17, 15) is 8.78 Å². The van der Waals surface area contributed by atoms with Gasteiger partial charge in [-0.2, -0.15) is 0 Å². The molecule has 152 valence electrons. The van der Waals surface area contributed by atoms with E-state index in [0.717, 1.165) is 6.42 Å². The maximum absolute atomic E-state index is 14.0. The maximum atomic E-state index is 14.0. The van der Waals surface area contributed by atoms with Crippen molar-refractivity contribution in [1.29, 1.82) is 0 Å². The van der Waals surface area contributed by atoms with E-state index in [1.54, 1.807) is 23.3 Å². The van der Waals surface area contributed by atoms with Gasteiger partial charge in [-0.3, -0.25) is 4.99 Å². The lowest BCUT2D eigenvalue weighted by Crippen LogP contribution is -2.46. The van der Waals surface area contributed by atoms with Crippen molar-refractivity contribution in [1.82, 2.24) is 15.5 Å². The van der Waals surface area contributed by atoms with Crippen LogP contribution in [0.15, 0.2) is 40.7 Å². The zero-order valence-electron chi connectivity index (χ0n) is 16.5. The van der Waals surface area contributed by atoms with Gasteiger partial charge >= 0.3 is 0 Å². The van der Waals surface area contributed by atoms with Gasteiger partial charge < -0.3 is 20.4 Å². The first kappa shape index (κ1) is 20.5. The van der Waals surface area contributed by atoms with Gasteiger partial charge in [0.25, 0.3) is 0 Å². The van der Waals surface area contributed by atoms with E-state index in [2.05, 4.69) is 52.1 Å². The molecule has 2 heterocycles. The quantitative estimate of drug-likeness (QED) is 0.571. The number of guanidine groups is 1. The molecule has 1 aromatic carbocycles. The van der Waals surface area contributed by atoms with E-state index in [0.29, 0.717) is 25.6 Å². The van der Waals surface area contributed by atoms with E-state index in [4.69, 9.17) is 0 Å². The number of hydrogen-bond donors (Lipinski definition) is 2. The molecule has 0 saturated carbocycles. The summed E-state index contributed by atoms with van der Waals surface area (Å²) in [5.74, 6) is -0.342. The fraction of sp³-hybridized carbons (Fsp3) is 0.450. The molecule has 3 rings (SSSR count). The molecule has 2 atom stereocenters. The third kappa shape index (κ3) is 4.80. The summed E-state index contributed by atoms with van der Waals surface area (Å²) < 4.78 is 28.1. The van der Waals surface area contributed by atoms with E-state index in [1.165, 1.54) is 23.1 Å². The van der Waals surface area contributed by atoms with Crippen molar-refractivity contribution in [3.8, 4) is 0 Å². The topological polar surface area (TPSA) is 42.9 Å². The minimum atomic E-state index is -0.520. The molecule has 2 N–H and O–H groups in total. The fourth-order valence-corrected chi connectivity index (χ4v) is 4.39. The fourth-order valence-electron chi connectivity index (χ4n) is 3.47. The van der Waals surface area contributed by atoms with Crippen LogP contribution < -0.4 is 15.5 Å². The third-order valence-electron chi connectivity index (χ3n) is 4.96. The first-order valence-electron chi connectivity index (χ1n) is 9.35. The van der Waals surface area contributed by atoms with Gasteiger partial charge in [0.15, 0.2) is 5.96 Å². The lowest BCUT2D eigenvalue weighted by molar-refractivity contribution is 0.302. The van der Waals surface area contributed by atoms with Crippen molar-refractivity contribution in [3.05, 3.63) is 52.2 Å². The van der Waals surface area contributed by atoms with E-state index >= 15 is 0 Å². The summed E-state index contributed by atoms with van der Waals surface area (Å²) in [6, 6.07) is 8.48. The molecular formula is C20H27F2N5S. The van der Waals surface area contributed by atoms with Crippen molar-refractivity contribution in [2.24, 2.45) is 4.99 Å². The summed E-state index contributed by atoms with van der Waals surface area (Å²) in [5.41, 5.74) is 0.0557. The molecular weight excluding hydrogens is 380 g/mol. The number of thiophene rings is 1. The molecule has 0 aliphatic carbocycles. The lowest BCUT2D eigenvalue weighted by atomic mass is 10.2. The highest BCUT2D eigenvalue weighted by Crippen LogP contribution is 2.27. The standard InChI is InChI=1S/C20H27F2N5S/c1-23-20(24-12-17(26(2)3)18-8-5-11-28-18)25-14-9-10-27(13-14)19-15(21)6-4-7-16(19)22/h4-8,11,14,17H,9-10,12-13H2,1-3H3,(H2,23,24,25). The Morgan fingerprint density at radius 3 is 2.64 bits per heavy atom. The Bertz CT molecular complexity index is 774. The summed E-state index contributed by atoms with van der Waals surface area (Å²) >= 11 is 1.73. The van der Waals surface area contributed by atoms with E-state index in [1.807, 2.05) is 0 Å². The van der Waals surface area contributed by atoms with Crippen molar-refractivity contribution in [2.45, 2.75) is 18.5 Å². The maximum Gasteiger partial charge on any atom is 0.191 e. The smallest absolute Gasteiger partial charge is 0.191 e. The first-order chi connectivity index (χ1) is 13.5. The molecule has 0 spiro atoms. The highest BCUT2D eigenvalue weighted by molar-refractivity contribution is 7.10. The van der Waals surface area contributed by atoms with Crippen LogP contribution in [-0.4, -0.2) is 57.7 Å². The Hall–Kier alpha value is -2.19. The number of likely N-dealkylation sites (N-methyl/N-ethyl adjacent to an activating group) is 1. The van der Waals surface area contributed by atoms with Gasteiger partial charge in [0.1, 0.15) is 17.3 Å². The molecule has 8 heteroatoms. The van der Waals surface area contributed by atoms with Crippen molar-refractivity contribution < 1.29 is 8.78 Å². The second-order valence-electron chi connectivity index (χ2n) is 7.09. The van der Waals surface area contributed by atoms with Crippen LogP contribution in [0.3, 0.4) is 0 Å². The van der Waals surface area contributed by atoms with Crippen LogP contribution >= 0.6 is 11.3 Å². The third-order valence-corrected chi connectivity index (χ3v) is 5.94. The second kappa shape index (κ2) is 9.34. The van der Waals surface area contributed by atoms with Crippen LogP contribution in [0.5, 0.6) is 0 Å². The van der Waals surface area contributed by atoms with Crippen LogP contribution in [0, 0.1) is 11.6 Å². The molecule has 1 saturated heterocycles. The summed E-state index contributed by atoms with van der Waals surface area (Å²) in [4.78, 5) is 9.52. The number of benzene rings is 1. The van der Waals surface area contributed by atoms with Crippen LogP contribution in [0.2, 0.25) is 0 Å². The Balaban J connectivity index is 1.57. The number of nitrogens with zero attached hydrogens (tertiary/aromatic N) is 3. The first-order valence-corrected chi connectivity index (χ1v) is 10.2. The average molecular weight is 408 g/mol. The zero-order chi connectivity index (χ0) is 20.1. The van der Waals surface area contributed by atoms with Gasteiger partial charge in [0.05, 0.1) is 6.04 Å². The van der Waals surface area contributed by atoms with Gasteiger partial charge in [-0.1, -0.05) is 12.1 Å². The number of para-hydroxylation sites is 1. The van der Waals surface area contributed by atoms with Crippen LogP contribution in [0.4, 0.5) is 14.5 Å². The van der Waals surface area contributed by atoms with Crippen LogP contribution in [0.1, 0.15) is 17.3 Å². The Kier molecular flexibility index (Phi) is 6.85. The molecule has 2 unspecified atom stereocenters. The number of nitrogens with one attached hydrogen (secondary N) is 2. The monoisotopic (exact) mass is 407 g/mol. The summed E-state index contributed by atoms with van der Waals surface area (Å²) in [7, 11) is 5.84. The average Bonchev–Trinajstić information content (AvgIpc) is 3.33. The zero-order valence-corrected chi connectivity index (χ0v) is 17.3. The lowest BCUT2D eigenvalue weighted by Gasteiger charge is -2.25. The van der Waals surface area contributed by atoms with Crippen molar-refractivity contribution in [3.63, 3.8) is 0 Å². The highest BCUT2D eigenvalue weighted by Gasteiger charge is 2.27. The molecule has 2 aromatic rings. The molecule has 0 radical (unpaired) electrons. The Morgan fingerprint density at radius 1 is 1.29 bits per heavy atom. The minimum Gasteiger partial charge on any atom is -0.365 e. The Labute approximate surface area is 169 Å². The van der Waals surface area contributed by atoms with Crippen molar-refractivity contribution in [2.75, 3.05) is 45.7 Å². The number of halogens is 2. The molecule has 28 heavy (non-hydrogen) atoms. The van der Waals surface area contributed by atoms with Crippen molar-refractivity contribution >= 4 is 23.0 Å². The molecule has 1 fully saturated rings. The minimum absolute atomic E-state index is 0.0557. The van der Waals surface area contributed by atoms with Gasteiger partial charge in [0, 0.05) is 37.6 Å². The van der Waals surface area contributed by atoms with Crippen LogP contribution in [0.25, 0.3) is 0 Å². The molecule has 1 aromatic heterocycles. The number of aliphatic imine (C=N–C) groups is 1. The predicted molar refractivity (Wildman–Crippen MR) is 112 cm³/mol. The molecule has 1 aliphatic heterocycles. The van der Waals surface area contributed by atoms with Gasteiger partial charge in [-0.15, -0.1) is 11.3 Å². The largest absolute Gasteiger partial charge is 0.365 e. The summed E-state index contributed by atoms with van der Waals surface area (Å²) in [5, 5.41) is 8.84. The molecule has 1 aliphatic rings. The summed E-state index contributed by atoms with van der Waals surface area (Å²) in [6.07, 6.45) is 0.788. The van der Waals surface area contributed by atoms with Gasteiger partial charge in [-0.05, 0) is 44.1 Å². The molecule has 0 bridgehead atoms. The van der Waals surface area contributed by atoms with E-state index < -0.39 is 11.6 Å². The number of anilines is 1. The molecule has 0 amide bonds. The number of rotatable bonds is 6. The highest BCUT2D eigenvalue weighted by atomic mass is 32.1. The van der Waals surface area contributed by atoms with Gasteiger partial charge in [0.2, 0.25) is 0 Å². The van der Waals surface area contributed by atoms with Gasteiger partial charge in [-0.25, -0.2) is 8.78 Å². The predicted octanol–water partition coefficient (Wildman–Crippen LogP) is 3.07.